The summed E-state index contributed by atoms with van der Waals surface area (Å²) in [6.45, 7) is 1.71. The van der Waals surface area contributed by atoms with Gasteiger partial charge in [0.15, 0.2) is 6.10 Å². The van der Waals surface area contributed by atoms with Crippen LogP contribution in [0.2, 0.25) is 0 Å². The lowest BCUT2D eigenvalue weighted by Crippen LogP contribution is -2.35. The van der Waals surface area contributed by atoms with Crippen molar-refractivity contribution in [1.82, 2.24) is 4.90 Å². The fourth-order valence-corrected chi connectivity index (χ4v) is 1.21. The minimum atomic E-state index is -0.498. The van der Waals surface area contributed by atoms with Crippen LogP contribution in [0.25, 0.3) is 0 Å². The number of hydrogen-bond donors (Lipinski definition) is 1. The van der Waals surface area contributed by atoms with Crippen LogP contribution in [0.5, 0.6) is 5.75 Å². The average Bonchev–Trinajstić information content (AvgIpc) is 2.16. The van der Waals surface area contributed by atoms with Gasteiger partial charge in [-0.05, 0) is 19.1 Å². The summed E-state index contributed by atoms with van der Waals surface area (Å²) in [6.07, 6.45) is -0.498. The molecule has 0 aromatic heterocycles. The fraction of sp³-hybridized carbons (Fsp3) is 0.364. The first-order chi connectivity index (χ1) is 7.00. The lowest BCUT2D eigenvalue weighted by Gasteiger charge is -2.18. The van der Waals surface area contributed by atoms with E-state index < -0.39 is 6.10 Å². The van der Waals surface area contributed by atoms with E-state index in [-0.39, 0.29) is 5.91 Å². The highest BCUT2D eigenvalue weighted by molar-refractivity contribution is 5.80. The number of carbonyl (C=O) groups is 1. The summed E-state index contributed by atoms with van der Waals surface area (Å²) in [5, 5.41) is 0. The van der Waals surface area contributed by atoms with Gasteiger partial charge in [0.1, 0.15) is 5.75 Å². The summed E-state index contributed by atoms with van der Waals surface area (Å²) < 4.78 is 5.45. The Morgan fingerprint density at radius 3 is 2.67 bits per heavy atom. The van der Waals surface area contributed by atoms with E-state index in [9.17, 15) is 4.79 Å². The van der Waals surface area contributed by atoms with Gasteiger partial charge >= 0.3 is 0 Å². The number of anilines is 1. The van der Waals surface area contributed by atoms with E-state index in [1.54, 1.807) is 45.3 Å². The van der Waals surface area contributed by atoms with Crippen molar-refractivity contribution < 1.29 is 9.53 Å². The Balaban J connectivity index is 2.66. The van der Waals surface area contributed by atoms with Crippen molar-refractivity contribution in [2.24, 2.45) is 0 Å². The molecule has 0 unspecified atom stereocenters. The van der Waals surface area contributed by atoms with Crippen molar-refractivity contribution in [1.29, 1.82) is 0 Å². The quantitative estimate of drug-likeness (QED) is 0.757. The highest BCUT2D eigenvalue weighted by Crippen LogP contribution is 2.16. The summed E-state index contributed by atoms with van der Waals surface area (Å²) in [5.41, 5.74) is 6.22. The van der Waals surface area contributed by atoms with Gasteiger partial charge in [-0.3, -0.25) is 4.79 Å². The lowest BCUT2D eigenvalue weighted by molar-refractivity contribution is -0.135. The number of ether oxygens (including phenoxy) is 1. The number of nitrogens with zero attached hydrogens (tertiary/aromatic N) is 1. The first-order valence-electron chi connectivity index (χ1n) is 4.74. The molecule has 4 nitrogen and oxygen atoms in total. The molecule has 1 rings (SSSR count). The first kappa shape index (κ1) is 11.4. The molecular weight excluding hydrogens is 192 g/mol. The Morgan fingerprint density at radius 1 is 1.47 bits per heavy atom. The third-order valence-corrected chi connectivity index (χ3v) is 1.96. The first-order valence-corrected chi connectivity index (χ1v) is 4.74. The van der Waals surface area contributed by atoms with Crippen LogP contribution >= 0.6 is 0 Å². The highest BCUT2D eigenvalue weighted by Gasteiger charge is 2.16. The fourth-order valence-electron chi connectivity index (χ4n) is 1.21. The molecule has 15 heavy (non-hydrogen) atoms. The third kappa shape index (κ3) is 3.16. The molecule has 1 aromatic carbocycles. The molecule has 0 radical (unpaired) electrons. The van der Waals surface area contributed by atoms with Crippen molar-refractivity contribution in [3.8, 4) is 5.75 Å². The lowest BCUT2D eigenvalue weighted by atomic mass is 10.3. The molecule has 0 aliphatic rings. The number of rotatable bonds is 3. The number of likely N-dealkylation sites (N-methyl/N-ethyl adjacent to an activating group) is 1. The van der Waals surface area contributed by atoms with Gasteiger partial charge in [0.2, 0.25) is 0 Å². The van der Waals surface area contributed by atoms with Gasteiger partial charge in [0.25, 0.3) is 5.91 Å². The van der Waals surface area contributed by atoms with E-state index in [0.717, 1.165) is 0 Å². The molecular formula is C11H16N2O2. The molecule has 1 aromatic rings. The Morgan fingerprint density at radius 2 is 2.13 bits per heavy atom. The maximum Gasteiger partial charge on any atom is 0.262 e. The SMILES string of the molecule is C[C@@H](Oc1cccc(N)c1)C(=O)N(C)C. The molecule has 0 heterocycles. The standard InChI is InChI=1S/C11H16N2O2/c1-8(11(14)13(2)3)15-10-6-4-5-9(12)7-10/h4-8H,12H2,1-3H3/t8-/m1/s1. The van der Waals surface area contributed by atoms with Crippen molar-refractivity contribution >= 4 is 11.6 Å². The van der Waals surface area contributed by atoms with Crippen molar-refractivity contribution in [2.75, 3.05) is 19.8 Å². The second-order valence-corrected chi connectivity index (χ2v) is 3.57. The van der Waals surface area contributed by atoms with Crippen molar-refractivity contribution in [3.05, 3.63) is 24.3 Å². The van der Waals surface area contributed by atoms with Crippen LogP contribution in [-0.2, 0) is 4.79 Å². The number of carbonyl (C=O) groups excluding carboxylic acids is 1. The molecule has 82 valence electrons. The second-order valence-electron chi connectivity index (χ2n) is 3.57. The Labute approximate surface area is 89.6 Å². The van der Waals surface area contributed by atoms with E-state index in [0.29, 0.717) is 11.4 Å². The van der Waals surface area contributed by atoms with Gasteiger partial charge < -0.3 is 15.4 Å². The van der Waals surface area contributed by atoms with Crippen LogP contribution in [-0.4, -0.2) is 31.0 Å². The molecule has 0 saturated heterocycles. The van der Waals surface area contributed by atoms with Crippen LogP contribution in [0.3, 0.4) is 0 Å². The maximum absolute atomic E-state index is 11.5. The van der Waals surface area contributed by atoms with E-state index in [2.05, 4.69) is 0 Å². The monoisotopic (exact) mass is 208 g/mol. The molecule has 0 spiro atoms. The normalized spacial score (nSPS) is 11.9. The van der Waals surface area contributed by atoms with E-state index >= 15 is 0 Å². The summed E-state index contributed by atoms with van der Waals surface area (Å²) >= 11 is 0. The third-order valence-electron chi connectivity index (χ3n) is 1.96. The van der Waals surface area contributed by atoms with Gasteiger partial charge in [0, 0.05) is 25.8 Å². The predicted molar refractivity (Wildman–Crippen MR) is 59.6 cm³/mol. The highest BCUT2D eigenvalue weighted by atomic mass is 16.5. The molecule has 2 N–H and O–H groups in total. The molecule has 1 atom stereocenters. The molecule has 0 aliphatic carbocycles. The number of hydrogen-bond acceptors (Lipinski definition) is 3. The number of nitrogen functional groups attached to an aromatic ring is 1. The second kappa shape index (κ2) is 4.68. The largest absolute Gasteiger partial charge is 0.481 e. The zero-order valence-corrected chi connectivity index (χ0v) is 9.23. The van der Waals surface area contributed by atoms with E-state index in [4.69, 9.17) is 10.5 Å². The zero-order chi connectivity index (χ0) is 11.4. The van der Waals surface area contributed by atoms with Gasteiger partial charge in [-0.1, -0.05) is 6.07 Å². The minimum absolute atomic E-state index is 0.0718. The minimum Gasteiger partial charge on any atom is -0.481 e. The molecule has 0 aliphatic heterocycles. The summed E-state index contributed by atoms with van der Waals surface area (Å²) in [6, 6.07) is 7.03. The predicted octanol–water partition coefficient (Wildman–Crippen LogP) is 1.12. The van der Waals surface area contributed by atoms with Gasteiger partial charge in [-0.2, -0.15) is 0 Å². The van der Waals surface area contributed by atoms with Crippen LogP contribution in [0, 0.1) is 0 Å². The van der Waals surface area contributed by atoms with Crippen molar-refractivity contribution in [2.45, 2.75) is 13.0 Å². The Hall–Kier alpha value is -1.71. The summed E-state index contributed by atoms with van der Waals surface area (Å²) in [4.78, 5) is 13.0. The topological polar surface area (TPSA) is 55.6 Å². The number of benzene rings is 1. The van der Waals surface area contributed by atoms with Crippen LogP contribution in [0.15, 0.2) is 24.3 Å². The number of nitrogens with two attached hydrogens (primary N) is 1. The maximum atomic E-state index is 11.5. The van der Waals surface area contributed by atoms with Gasteiger partial charge in [-0.15, -0.1) is 0 Å². The smallest absolute Gasteiger partial charge is 0.262 e. The van der Waals surface area contributed by atoms with Crippen LogP contribution < -0.4 is 10.5 Å². The molecule has 0 bridgehead atoms. The average molecular weight is 208 g/mol. The van der Waals surface area contributed by atoms with Crippen molar-refractivity contribution in [3.63, 3.8) is 0 Å². The summed E-state index contributed by atoms with van der Waals surface area (Å²) in [5.74, 6) is 0.537. The Bertz CT molecular complexity index is 350. The molecule has 1 amide bonds. The zero-order valence-electron chi connectivity index (χ0n) is 9.23. The molecule has 0 saturated carbocycles. The summed E-state index contributed by atoms with van der Waals surface area (Å²) in [7, 11) is 3.39. The number of amides is 1. The van der Waals surface area contributed by atoms with Crippen LogP contribution in [0.1, 0.15) is 6.92 Å². The molecule has 4 heteroatoms. The van der Waals surface area contributed by atoms with Crippen LogP contribution in [0.4, 0.5) is 5.69 Å². The Kier molecular flexibility index (Phi) is 3.55. The van der Waals surface area contributed by atoms with Gasteiger partial charge in [0.05, 0.1) is 0 Å². The van der Waals surface area contributed by atoms with Gasteiger partial charge in [-0.25, -0.2) is 0 Å². The van der Waals surface area contributed by atoms with E-state index in [1.807, 2.05) is 0 Å². The van der Waals surface area contributed by atoms with E-state index in [1.165, 1.54) is 4.90 Å². The molecule has 0 fully saturated rings.